The number of carbonyl (C=O) groups excluding carboxylic acids is 1. The monoisotopic (exact) mass is 364 g/mol. The van der Waals surface area contributed by atoms with Crippen molar-refractivity contribution in [2.45, 2.75) is 0 Å². The number of nitrogens with one attached hydrogen (secondary N) is 2. The molecule has 9 heteroatoms. The molecule has 0 bridgehead atoms. The number of methoxy groups -OCH3 is 1. The largest absolute Gasteiger partial charge is 0.495 e. The third-order valence-electron chi connectivity index (χ3n) is 3.24. The Bertz CT molecular complexity index is 766. The van der Waals surface area contributed by atoms with E-state index in [1.807, 2.05) is 28.2 Å². The van der Waals surface area contributed by atoms with Gasteiger partial charge in [0.2, 0.25) is 5.95 Å². The van der Waals surface area contributed by atoms with Crippen molar-refractivity contribution < 1.29 is 9.53 Å². The zero-order chi connectivity index (χ0) is 18.6. The Labute approximate surface area is 151 Å². The molecule has 0 aliphatic rings. The number of carbonyl (C=O) groups is 1. The highest BCUT2D eigenvalue weighted by Gasteiger charge is 2.14. The number of rotatable bonds is 5. The molecular formula is C16H21ClN6O2. The fourth-order valence-electron chi connectivity index (χ4n) is 2.06. The molecular weight excluding hydrogens is 344 g/mol. The first-order chi connectivity index (χ1) is 11.8. The number of hydrogen-bond donors (Lipinski definition) is 2. The SMILES string of the molecule is COc1ccc(Cl)cc1NC(=O)Nc1cnc(N(C)C)nc1N(C)C. The fraction of sp³-hybridized carbons (Fsp3) is 0.312. The van der Waals surface area contributed by atoms with Crippen LogP contribution in [0.1, 0.15) is 0 Å². The fourth-order valence-corrected chi connectivity index (χ4v) is 2.23. The summed E-state index contributed by atoms with van der Waals surface area (Å²) >= 11 is 5.97. The minimum Gasteiger partial charge on any atom is -0.495 e. The molecule has 0 unspecified atom stereocenters. The summed E-state index contributed by atoms with van der Waals surface area (Å²) in [6.45, 7) is 0. The van der Waals surface area contributed by atoms with Gasteiger partial charge in [-0.05, 0) is 18.2 Å². The van der Waals surface area contributed by atoms with E-state index in [2.05, 4.69) is 20.6 Å². The van der Waals surface area contributed by atoms with Crippen LogP contribution in [0.15, 0.2) is 24.4 Å². The minimum atomic E-state index is -0.454. The molecule has 0 aliphatic heterocycles. The van der Waals surface area contributed by atoms with Gasteiger partial charge in [-0.3, -0.25) is 0 Å². The first kappa shape index (κ1) is 18.6. The molecule has 0 saturated carbocycles. The highest BCUT2D eigenvalue weighted by molar-refractivity contribution is 6.31. The summed E-state index contributed by atoms with van der Waals surface area (Å²) in [7, 11) is 8.89. The smallest absolute Gasteiger partial charge is 0.323 e. The molecule has 2 aromatic rings. The number of nitrogens with zero attached hydrogens (tertiary/aromatic N) is 4. The van der Waals surface area contributed by atoms with E-state index < -0.39 is 6.03 Å². The first-order valence-electron chi connectivity index (χ1n) is 7.45. The molecule has 2 amide bonds. The Kier molecular flexibility index (Phi) is 5.87. The number of urea groups is 1. The second-order valence-electron chi connectivity index (χ2n) is 5.62. The van der Waals surface area contributed by atoms with Crippen LogP contribution >= 0.6 is 11.6 Å². The van der Waals surface area contributed by atoms with Gasteiger partial charge >= 0.3 is 6.03 Å². The Morgan fingerprint density at radius 2 is 1.80 bits per heavy atom. The van der Waals surface area contributed by atoms with Gasteiger partial charge in [0, 0.05) is 33.2 Å². The molecule has 1 aromatic heterocycles. The van der Waals surface area contributed by atoms with Crippen LogP contribution in [0.3, 0.4) is 0 Å². The van der Waals surface area contributed by atoms with Gasteiger partial charge in [0.15, 0.2) is 5.82 Å². The highest BCUT2D eigenvalue weighted by Crippen LogP contribution is 2.28. The third-order valence-corrected chi connectivity index (χ3v) is 3.47. The van der Waals surface area contributed by atoms with E-state index in [0.717, 1.165) is 0 Å². The molecule has 0 aliphatic carbocycles. The van der Waals surface area contributed by atoms with Crippen LogP contribution in [0, 0.1) is 0 Å². The lowest BCUT2D eigenvalue weighted by molar-refractivity contribution is 0.262. The van der Waals surface area contributed by atoms with E-state index in [0.29, 0.717) is 33.9 Å². The number of aromatic nitrogens is 2. The van der Waals surface area contributed by atoms with Crippen molar-refractivity contribution in [1.29, 1.82) is 0 Å². The van der Waals surface area contributed by atoms with Crippen molar-refractivity contribution in [2.24, 2.45) is 0 Å². The quantitative estimate of drug-likeness (QED) is 0.848. The first-order valence-corrected chi connectivity index (χ1v) is 7.83. The maximum atomic E-state index is 12.3. The number of anilines is 4. The molecule has 2 N–H and O–H groups in total. The van der Waals surface area contributed by atoms with Crippen molar-refractivity contribution in [1.82, 2.24) is 9.97 Å². The van der Waals surface area contributed by atoms with Gasteiger partial charge in [-0.2, -0.15) is 4.98 Å². The maximum absolute atomic E-state index is 12.3. The van der Waals surface area contributed by atoms with Gasteiger partial charge in [-0.1, -0.05) is 11.6 Å². The highest BCUT2D eigenvalue weighted by atomic mass is 35.5. The molecule has 8 nitrogen and oxygen atoms in total. The average molecular weight is 365 g/mol. The van der Waals surface area contributed by atoms with E-state index in [-0.39, 0.29) is 0 Å². The molecule has 25 heavy (non-hydrogen) atoms. The number of ether oxygens (including phenoxy) is 1. The third kappa shape index (κ3) is 4.63. The lowest BCUT2D eigenvalue weighted by atomic mass is 10.3. The van der Waals surface area contributed by atoms with Crippen molar-refractivity contribution in [3.05, 3.63) is 29.4 Å². The minimum absolute atomic E-state index is 0.454. The Balaban J connectivity index is 2.22. The van der Waals surface area contributed by atoms with E-state index in [4.69, 9.17) is 16.3 Å². The van der Waals surface area contributed by atoms with Crippen LogP contribution in [0.5, 0.6) is 5.75 Å². The second-order valence-corrected chi connectivity index (χ2v) is 6.06. The molecule has 1 aromatic carbocycles. The van der Waals surface area contributed by atoms with E-state index in [1.165, 1.54) is 7.11 Å². The number of benzene rings is 1. The van der Waals surface area contributed by atoms with Gasteiger partial charge in [-0.15, -0.1) is 0 Å². The number of amides is 2. The number of hydrogen-bond acceptors (Lipinski definition) is 6. The molecule has 134 valence electrons. The standard InChI is InChI=1S/C16H21ClN6O2/c1-22(2)14-12(9-18-15(21-14)23(3)4)20-16(24)19-11-8-10(17)6-7-13(11)25-5/h6-9H,1-5H3,(H2,19,20,24). The molecule has 2 rings (SSSR count). The lowest BCUT2D eigenvalue weighted by Crippen LogP contribution is -2.24. The molecule has 0 spiro atoms. The summed E-state index contributed by atoms with van der Waals surface area (Å²) in [4.78, 5) is 24.6. The lowest BCUT2D eigenvalue weighted by Gasteiger charge is -2.19. The predicted molar refractivity (Wildman–Crippen MR) is 101 cm³/mol. The molecule has 0 fully saturated rings. The summed E-state index contributed by atoms with van der Waals surface area (Å²) in [5, 5.41) is 5.94. The van der Waals surface area contributed by atoms with Gasteiger partial charge in [0.05, 0.1) is 19.0 Å². The Morgan fingerprint density at radius 1 is 1.12 bits per heavy atom. The van der Waals surface area contributed by atoms with Crippen LogP contribution in [0.2, 0.25) is 5.02 Å². The van der Waals surface area contributed by atoms with Crippen LogP contribution in [-0.4, -0.2) is 51.3 Å². The van der Waals surface area contributed by atoms with Crippen LogP contribution < -0.4 is 25.2 Å². The summed E-state index contributed by atoms with van der Waals surface area (Å²) in [6.07, 6.45) is 1.56. The molecule has 1 heterocycles. The van der Waals surface area contributed by atoms with Crippen molar-refractivity contribution in [3.8, 4) is 5.75 Å². The van der Waals surface area contributed by atoms with Crippen LogP contribution in [0.25, 0.3) is 0 Å². The summed E-state index contributed by atoms with van der Waals surface area (Å²) < 4.78 is 5.22. The molecule has 0 atom stereocenters. The van der Waals surface area contributed by atoms with Gasteiger partial charge in [-0.25, -0.2) is 9.78 Å². The molecule has 0 saturated heterocycles. The predicted octanol–water partition coefficient (Wildman–Crippen LogP) is 2.91. The van der Waals surface area contributed by atoms with E-state index >= 15 is 0 Å². The van der Waals surface area contributed by atoms with E-state index in [9.17, 15) is 4.79 Å². The molecule has 0 radical (unpaired) electrons. The maximum Gasteiger partial charge on any atom is 0.323 e. The van der Waals surface area contributed by atoms with Gasteiger partial charge in [0.25, 0.3) is 0 Å². The van der Waals surface area contributed by atoms with E-state index in [1.54, 1.807) is 34.2 Å². The van der Waals surface area contributed by atoms with Gasteiger partial charge in [0.1, 0.15) is 11.4 Å². The normalized spacial score (nSPS) is 10.2. The average Bonchev–Trinajstić information content (AvgIpc) is 2.54. The van der Waals surface area contributed by atoms with Crippen molar-refractivity contribution >= 4 is 40.8 Å². The Hall–Kier alpha value is -2.74. The van der Waals surface area contributed by atoms with Crippen molar-refractivity contribution in [2.75, 3.05) is 55.7 Å². The van der Waals surface area contributed by atoms with Crippen LogP contribution in [-0.2, 0) is 0 Å². The van der Waals surface area contributed by atoms with Gasteiger partial charge < -0.3 is 25.2 Å². The Morgan fingerprint density at radius 3 is 2.40 bits per heavy atom. The summed E-state index contributed by atoms with van der Waals surface area (Å²) in [5.74, 6) is 1.64. The summed E-state index contributed by atoms with van der Waals surface area (Å²) in [5.41, 5.74) is 0.943. The van der Waals surface area contributed by atoms with Crippen LogP contribution in [0.4, 0.5) is 27.9 Å². The van der Waals surface area contributed by atoms with Crippen molar-refractivity contribution in [3.63, 3.8) is 0 Å². The second kappa shape index (κ2) is 7.89. The zero-order valence-corrected chi connectivity index (χ0v) is 15.5. The zero-order valence-electron chi connectivity index (χ0n) is 14.8. The summed E-state index contributed by atoms with van der Waals surface area (Å²) in [6, 6.07) is 4.52. The number of halogens is 1. The topological polar surface area (TPSA) is 82.6 Å².